The molecule has 0 unspecified atom stereocenters. The van der Waals surface area contributed by atoms with Gasteiger partial charge in [0, 0.05) is 6.42 Å². The highest BCUT2D eigenvalue weighted by Gasteiger charge is 2.51. The topological polar surface area (TPSA) is 35.5 Å². The van der Waals surface area contributed by atoms with Crippen LogP contribution in [0.2, 0.25) is 5.04 Å². The number of ether oxygens (including phenoxy) is 1. The number of hydrogen-bond acceptors (Lipinski definition) is 3. The van der Waals surface area contributed by atoms with Gasteiger partial charge in [-0.05, 0) is 21.8 Å². The summed E-state index contributed by atoms with van der Waals surface area (Å²) in [5.74, 6) is -0.208. The third-order valence-electron chi connectivity index (χ3n) is 4.50. The van der Waals surface area contributed by atoms with Gasteiger partial charge in [0.15, 0.2) is 0 Å². The molecule has 0 fully saturated rings. The third-order valence-corrected chi connectivity index (χ3v) is 9.40. The fourth-order valence-corrected chi connectivity index (χ4v) is 7.53. The van der Waals surface area contributed by atoms with Crippen molar-refractivity contribution in [3.63, 3.8) is 0 Å². The number of benzene rings is 2. The predicted molar refractivity (Wildman–Crippen MR) is 109 cm³/mol. The second kappa shape index (κ2) is 8.85. The van der Waals surface area contributed by atoms with E-state index in [0.717, 1.165) is 0 Å². The van der Waals surface area contributed by atoms with E-state index in [1.54, 1.807) is 6.26 Å². The minimum Gasteiger partial charge on any atom is -0.540 e. The zero-order valence-electron chi connectivity index (χ0n) is 16.1. The van der Waals surface area contributed by atoms with Crippen molar-refractivity contribution in [1.29, 1.82) is 0 Å². The minimum atomic E-state index is -2.54. The summed E-state index contributed by atoms with van der Waals surface area (Å²) in [6.07, 6.45) is 4.65. The normalized spacial score (nSPS) is 12.2. The fraction of sp³-hybridized carbons (Fsp3) is 0.318. The zero-order valence-corrected chi connectivity index (χ0v) is 17.1. The lowest BCUT2D eigenvalue weighted by Gasteiger charge is -2.41. The standard InChI is InChI=1S/C22H28O3Si/c1-22(2,3)26(19-13-7-5-8-14-19,20-15-9-6-10-16-20)25-18-12-11-17-21(23)24-4/h5-10,12-16,18H,11,17H2,1-4H3/b18-12+. The Morgan fingerprint density at radius 1 is 0.962 bits per heavy atom. The van der Waals surface area contributed by atoms with Crippen LogP contribution in [0.25, 0.3) is 0 Å². The molecular weight excluding hydrogens is 340 g/mol. The van der Waals surface area contributed by atoms with Gasteiger partial charge in [0.25, 0.3) is 0 Å². The Bertz CT molecular complexity index is 679. The van der Waals surface area contributed by atoms with Gasteiger partial charge in [-0.15, -0.1) is 0 Å². The highest BCUT2D eigenvalue weighted by atomic mass is 28.4. The molecule has 2 aromatic rings. The van der Waals surface area contributed by atoms with Crippen LogP contribution in [0.15, 0.2) is 73.0 Å². The second-order valence-corrected chi connectivity index (χ2v) is 11.5. The van der Waals surface area contributed by atoms with Gasteiger partial charge in [-0.2, -0.15) is 0 Å². The Balaban J connectivity index is 2.41. The maximum Gasteiger partial charge on any atom is 0.319 e. The molecule has 0 bridgehead atoms. The minimum absolute atomic E-state index is 0.0671. The molecule has 0 N–H and O–H groups in total. The van der Waals surface area contributed by atoms with Crippen LogP contribution >= 0.6 is 0 Å². The van der Waals surface area contributed by atoms with Crippen LogP contribution in [0.5, 0.6) is 0 Å². The van der Waals surface area contributed by atoms with Gasteiger partial charge in [-0.3, -0.25) is 4.79 Å². The van der Waals surface area contributed by atoms with Crippen molar-refractivity contribution >= 4 is 24.7 Å². The van der Waals surface area contributed by atoms with E-state index >= 15 is 0 Å². The lowest BCUT2D eigenvalue weighted by molar-refractivity contribution is -0.140. The van der Waals surface area contributed by atoms with Crippen molar-refractivity contribution in [1.82, 2.24) is 0 Å². The molecule has 0 aromatic heterocycles. The molecule has 0 radical (unpaired) electrons. The van der Waals surface area contributed by atoms with Crippen LogP contribution in [-0.4, -0.2) is 21.4 Å². The average molecular weight is 369 g/mol. The van der Waals surface area contributed by atoms with Gasteiger partial charge in [-0.25, -0.2) is 0 Å². The molecule has 0 spiro atoms. The van der Waals surface area contributed by atoms with Gasteiger partial charge in [0.05, 0.1) is 13.4 Å². The smallest absolute Gasteiger partial charge is 0.319 e. The maximum absolute atomic E-state index is 11.3. The summed E-state index contributed by atoms with van der Waals surface area (Å²) in [5, 5.41) is 2.40. The zero-order chi connectivity index (χ0) is 19.0. The molecule has 138 valence electrons. The molecule has 3 nitrogen and oxygen atoms in total. The summed E-state index contributed by atoms with van der Waals surface area (Å²) in [6.45, 7) is 6.71. The van der Waals surface area contributed by atoms with E-state index in [9.17, 15) is 4.79 Å². The van der Waals surface area contributed by atoms with E-state index < -0.39 is 8.32 Å². The largest absolute Gasteiger partial charge is 0.540 e. The Morgan fingerprint density at radius 3 is 1.88 bits per heavy atom. The van der Waals surface area contributed by atoms with Crippen molar-refractivity contribution in [2.75, 3.05) is 7.11 Å². The first kappa shape index (κ1) is 20.0. The number of esters is 1. The number of carbonyl (C=O) groups is 1. The van der Waals surface area contributed by atoms with Crippen LogP contribution in [0, 0.1) is 0 Å². The van der Waals surface area contributed by atoms with Crippen molar-refractivity contribution in [2.24, 2.45) is 0 Å². The van der Waals surface area contributed by atoms with Crippen LogP contribution < -0.4 is 10.4 Å². The molecule has 0 saturated heterocycles. The van der Waals surface area contributed by atoms with E-state index in [-0.39, 0.29) is 11.0 Å². The molecule has 0 heterocycles. The lowest BCUT2D eigenvalue weighted by atomic mass is 10.2. The van der Waals surface area contributed by atoms with E-state index in [1.807, 2.05) is 18.2 Å². The molecule has 0 aliphatic carbocycles. The average Bonchev–Trinajstić information content (AvgIpc) is 2.65. The van der Waals surface area contributed by atoms with Crippen LogP contribution in [0.4, 0.5) is 0 Å². The SMILES string of the molecule is COC(=O)CC/C=C/O[Si](c1ccccc1)(c1ccccc1)C(C)(C)C. The summed E-state index contributed by atoms with van der Waals surface area (Å²) < 4.78 is 11.3. The van der Waals surface area contributed by atoms with Crippen LogP contribution in [0.3, 0.4) is 0 Å². The number of carbonyl (C=O) groups excluding carboxylic acids is 1. The van der Waals surface area contributed by atoms with E-state index in [1.165, 1.54) is 17.5 Å². The number of rotatable bonds is 7. The monoisotopic (exact) mass is 368 g/mol. The van der Waals surface area contributed by atoms with Gasteiger partial charge in [-0.1, -0.05) is 87.5 Å². The highest BCUT2D eigenvalue weighted by Crippen LogP contribution is 2.36. The summed E-state index contributed by atoms with van der Waals surface area (Å²) in [5.41, 5.74) is 0. The molecule has 0 aliphatic rings. The van der Waals surface area contributed by atoms with Gasteiger partial charge in [0.2, 0.25) is 0 Å². The molecule has 0 saturated carbocycles. The van der Waals surface area contributed by atoms with Crippen molar-refractivity contribution in [2.45, 2.75) is 38.7 Å². The first-order valence-electron chi connectivity index (χ1n) is 8.92. The molecule has 26 heavy (non-hydrogen) atoms. The number of allylic oxidation sites excluding steroid dienone is 1. The number of hydrogen-bond donors (Lipinski definition) is 0. The molecule has 2 rings (SSSR count). The summed E-state index contributed by atoms with van der Waals surface area (Å²) in [6, 6.07) is 21.0. The first-order chi connectivity index (χ1) is 12.4. The number of methoxy groups -OCH3 is 1. The van der Waals surface area contributed by atoms with Crippen molar-refractivity contribution < 1.29 is 14.0 Å². The predicted octanol–water partition coefficient (Wildman–Crippen LogP) is 4.03. The summed E-state index contributed by atoms with van der Waals surface area (Å²) in [7, 11) is -1.13. The molecular formula is C22H28O3Si. The lowest BCUT2D eigenvalue weighted by Crippen LogP contribution is -2.65. The molecule has 0 amide bonds. The molecule has 0 atom stereocenters. The van der Waals surface area contributed by atoms with Gasteiger partial charge in [0.1, 0.15) is 0 Å². The Morgan fingerprint density at radius 2 is 1.46 bits per heavy atom. The second-order valence-electron chi connectivity index (χ2n) is 7.27. The Kier molecular flexibility index (Phi) is 6.81. The van der Waals surface area contributed by atoms with E-state index in [4.69, 9.17) is 4.43 Å². The highest BCUT2D eigenvalue weighted by molar-refractivity contribution is 6.99. The maximum atomic E-state index is 11.3. The third kappa shape index (κ3) is 4.44. The quantitative estimate of drug-likeness (QED) is 0.420. The van der Waals surface area contributed by atoms with Crippen LogP contribution in [0.1, 0.15) is 33.6 Å². The summed E-state index contributed by atoms with van der Waals surface area (Å²) >= 11 is 0. The summed E-state index contributed by atoms with van der Waals surface area (Å²) in [4.78, 5) is 11.3. The fourth-order valence-electron chi connectivity index (χ4n) is 3.21. The van der Waals surface area contributed by atoms with Crippen LogP contribution in [-0.2, 0) is 14.0 Å². The molecule has 0 aliphatic heterocycles. The first-order valence-corrected chi connectivity index (χ1v) is 10.8. The Hall–Kier alpha value is -2.33. The van der Waals surface area contributed by atoms with Gasteiger partial charge < -0.3 is 9.16 Å². The molecule has 4 heteroatoms. The van der Waals surface area contributed by atoms with Gasteiger partial charge >= 0.3 is 14.3 Å². The van der Waals surface area contributed by atoms with Crippen molar-refractivity contribution in [3.05, 3.63) is 73.0 Å². The van der Waals surface area contributed by atoms with Crippen molar-refractivity contribution in [3.8, 4) is 0 Å². The molecule has 2 aromatic carbocycles. The van der Waals surface area contributed by atoms with E-state index in [0.29, 0.717) is 12.8 Å². The Labute approximate surface area is 157 Å². The van der Waals surface area contributed by atoms with E-state index in [2.05, 4.69) is 74.0 Å².